The van der Waals surface area contributed by atoms with E-state index < -0.39 is 5.97 Å². The van der Waals surface area contributed by atoms with Crippen LogP contribution in [0.5, 0.6) is 5.75 Å². The van der Waals surface area contributed by atoms with E-state index in [2.05, 4.69) is 26.2 Å². The molecule has 0 aliphatic carbocycles. The van der Waals surface area contributed by atoms with Crippen molar-refractivity contribution in [2.24, 2.45) is 0 Å². The number of methoxy groups -OCH3 is 1. The van der Waals surface area contributed by atoms with Crippen molar-refractivity contribution in [3.8, 4) is 5.75 Å². The normalized spacial score (nSPS) is 11.0. The number of hydrogen-bond acceptors (Lipinski definition) is 5. The molecule has 3 aromatic rings. The van der Waals surface area contributed by atoms with E-state index in [0.717, 1.165) is 10.0 Å². The Morgan fingerprint density at radius 3 is 2.86 bits per heavy atom. The maximum absolute atomic E-state index is 12.5. The number of fused-ring (bicyclic) bond motifs is 1. The van der Waals surface area contributed by atoms with Crippen molar-refractivity contribution >= 4 is 45.3 Å². The second-order valence-electron chi connectivity index (χ2n) is 6.06. The molecule has 1 N–H and O–H groups in total. The summed E-state index contributed by atoms with van der Waals surface area (Å²) in [7, 11) is 1.59. The van der Waals surface area contributed by atoms with E-state index >= 15 is 0 Å². The van der Waals surface area contributed by atoms with Gasteiger partial charge in [0.05, 0.1) is 25.8 Å². The number of imidazole rings is 1. The van der Waals surface area contributed by atoms with Crippen LogP contribution in [0.1, 0.15) is 18.2 Å². The van der Waals surface area contributed by atoms with Gasteiger partial charge in [0.2, 0.25) is 5.91 Å². The van der Waals surface area contributed by atoms with Crippen molar-refractivity contribution in [1.29, 1.82) is 0 Å². The van der Waals surface area contributed by atoms with Crippen LogP contribution in [0.25, 0.3) is 11.7 Å². The van der Waals surface area contributed by atoms with Crippen LogP contribution in [0.4, 0.5) is 5.82 Å². The van der Waals surface area contributed by atoms with Crippen molar-refractivity contribution < 1.29 is 19.1 Å². The highest BCUT2D eigenvalue weighted by Gasteiger charge is 2.17. The van der Waals surface area contributed by atoms with Gasteiger partial charge in [0.1, 0.15) is 17.2 Å². The van der Waals surface area contributed by atoms with Crippen LogP contribution in [-0.4, -0.2) is 35.0 Å². The summed E-state index contributed by atoms with van der Waals surface area (Å²) in [6, 6.07) is 11.0. The molecule has 7 nitrogen and oxygen atoms in total. The second-order valence-corrected chi connectivity index (χ2v) is 6.98. The molecule has 0 unspecified atom stereocenters. The first-order valence-corrected chi connectivity index (χ1v) is 9.74. The molecule has 0 fully saturated rings. The summed E-state index contributed by atoms with van der Waals surface area (Å²) in [6.07, 6.45) is 4.84. The first kappa shape index (κ1) is 20.6. The largest absolute Gasteiger partial charge is 0.497 e. The lowest BCUT2D eigenvalue weighted by atomic mass is 10.2. The van der Waals surface area contributed by atoms with Gasteiger partial charge in [-0.05, 0) is 58.8 Å². The van der Waals surface area contributed by atoms with Crippen LogP contribution in [0.15, 0.2) is 53.1 Å². The van der Waals surface area contributed by atoms with Gasteiger partial charge >= 0.3 is 5.97 Å². The number of halogens is 1. The number of amides is 1. The molecule has 0 aliphatic rings. The van der Waals surface area contributed by atoms with E-state index in [1.165, 1.54) is 6.08 Å². The molecule has 2 heterocycles. The highest BCUT2D eigenvalue weighted by molar-refractivity contribution is 9.10. The van der Waals surface area contributed by atoms with Gasteiger partial charge in [-0.2, -0.15) is 0 Å². The van der Waals surface area contributed by atoms with Crippen molar-refractivity contribution in [3.05, 3.63) is 64.4 Å². The van der Waals surface area contributed by atoms with Crippen LogP contribution in [0.3, 0.4) is 0 Å². The molecule has 0 bridgehead atoms. The Bertz CT molecular complexity index is 1070. The van der Waals surface area contributed by atoms with Gasteiger partial charge in [0, 0.05) is 16.7 Å². The highest BCUT2D eigenvalue weighted by Crippen LogP contribution is 2.22. The van der Waals surface area contributed by atoms with Gasteiger partial charge < -0.3 is 14.8 Å². The lowest BCUT2D eigenvalue weighted by molar-refractivity contribution is -0.142. The number of hydrogen-bond donors (Lipinski definition) is 1. The first-order valence-electron chi connectivity index (χ1n) is 8.95. The Morgan fingerprint density at radius 2 is 2.10 bits per heavy atom. The number of nitrogens with one attached hydrogen (secondary N) is 1. The second kappa shape index (κ2) is 9.38. The summed E-state index contributed by atoms with van der Waals surface area (Å²) in [5, 5.41) is 2.82. The molecular formula is C21H20BrN3O4. The molecule has 1 amide bonds. The fraction of sp³-hybridized carbons (Fsp3) is 0.190. The molecule has 0 saturated heterocycles. The molecule has 29 heavy (non-hydrogen) atoms. The van der Waals surface area contributed by atoms with E-state index in [-0.39, 0.29) is 18.9 Å². The number of nitrogens with zero attached hydrogens (tertiary/aromatic N) is 2. The third kappa shape index (κ3) is 5.23. The van der Waals surface area contributed by atoms with Crippen LogP contribution in [0, 0.1) is 0 Å². The van der Waals surface area contributed by atoms with Gasteiger partial charge in [-0.25, -0.2) is 4.98 Å². The molecule has 0 spiro atoms. The number of aromatic nitrogens is 2. The summed E-state index contributed by atoms with van der Waals surface area (Å²) in [5.74, 6) is 0.377. The minimum Gasteiger partial charge on any atom is -0.497 e. The Hall–Kier alpha value is -3.13. The number of anilines is 1. The van der Waals surface area contributed by atoms with Crippen molar-refractivity contribution in [1.82, 2.24) is 9.38 Å². The van der Waals surface area contributed by atoms with E-state index in [9.17, 15) is 9.59 Å². The zero-order valence-corrected chi connectivity index (χ0v) is 17.6. The molecule has 8 heteroatoms. The molecule has 0 atom stereocenters. The third-order valence-electron chi connectivity index (χ3n) is 4.03. The lowest BCUT2D eigenvalue weighted by Crippen LogP contribution is -2.14. The maximum Gasteiger partial charge on any atom is 0.312 e. The van der Waals surface area contributed by atoms with Crippen LogP contribution in [0.2, 0.25) is 0 Å². The predicted octanol–water partition coefficient (Wildman–Crippen LogP) is 3.86. The van der Waals surface area contributed by atoms with Crippen molar-refractivity contribution in [2.45, 2.75) is 13.3 Å². The zero-order chi connectivity index (χ0) is 20.8. The third-order valence-corrected chi connectivity index (χ3v) is 4.50. The average Bonchev–Trinajstić information content (AvgIpc) is 3.03. The van der Waals surface area contributed by atoms with Gasteiger partial charge in [0.25, 0.3) is 0 Å². The van der Waals surface area contributed by atoms with Crippen molar-refractivity contribution in [3.63, 3.8) is 0 Å². The summed E-state index contributed by atoms with van der Waals surface area (Å²) >= 11 is 3.41. The SMILES string of the molecule is CCOC(=O)Cc1nc2ccc(Br)cn2c1NC(=O)/C=C/c1cccc(OC)c1. The molecule has 1 aromatic carbocycles. The zero-order valence-electron chi connectivity index (χ0n) is 16.0. The molecular weight excluding hydrogens is 438 g/mol. The Morgan fingerprint density at radius 1 is 1.28 bits per heavy atom. The fourth-order valence-corrected chi connectivity index (χ4v) is 3.08. The maximum atomic E-state index is 12.5. The number of pyridine rings is 1. The summed E-state index contributed by atoms with van der Waals surface area (Å²) in [5.41, 5.74) is 1.87. The van der Waals surface area contributed by atoms with Crippen LogP contribution >= 0.6 is 15.9 Å². The van der Waals surface area contributed by atoms with Gasteiger partial charge in [-0.15, -0.1) is 0 Å². The van der Waals surface area contributed by atoms with Gasteiger partial charge in [-0.1, -0.05) is 12.1 Å². The molecule has 0 saturated carbocycles. The standard InChI is InChI=1S/C21H20BrN3O4/c1-3-29-20(27)12-17-21(25-13-15(22)8-9-18(25)23-17)24-19(26)10-7-14-5-4-6-16(11-14)28-2/h4-11,13H,3,12H2,1-2H3,(H,24,26)/b10-7+. The molecule has 3 rings (SSSR count). The Kier molecular flexibility index (Phi) is 6.66. The summed E-state index contributed by atoms with van der Waals surface area (Å²) in [4.78, 5) is 28.9. The Labute approximate surface area is 176 Å². The number of benzene rings is 1. The summed E-state index contributed by atoms with van der Waals surface area (Å²) in [6.45, 7) is 2.02. The molecule has 0 aliphatic heterocycles. The smallest absolute Gasteiger partial charge is 0.312 e. The molecule has 2 aromatic heterocycles. The molecule has 150 valence electrons. The van der Waals surface area contributed by atoms with Crippen LogP contribution < -0.4 is 10.1 Å². The van der Waals surface area contributed by atoms with Gasteiger partial charge in [-0.3, -0.25) is 14.0 Å². The van der Waals surface area contributed by atoms with Gasteiger partial charge in [0.15, 0.2) is 0 Å². The van der Waals surface area contributed by atoms with E-state index in [0.29, 0.717) is 22.9 Å². The topological polar surface area (TPSA) is 81.9 Å². The Balaban J connectivity index is 1.86. The number of carbonyl (C=O) groups is 2. The number of carbonyl (C=O) groups excluding carboxylic acids is 2. The number of esters is 1. The van der Waals surface area contributed by atoms with E-state index in [1.54, 1.807) is 36.8 Å². The minimum absolute atomic E-state index is 0.0393. The van der Waals surface area contributed by atoms with Crippen LogP contribution in [-0.2, 0) is 20.7 Å². The monoisotopic (exact) mass is 457 g/mol. The van der Waals surface area contributed by atoms with E-state index in [4.69, 9.17) is 9.47 Å². The highest BCUT2D eigenvalue weighted by atomic mass is 79.9. The fourth-order valence-electron chi connectivity index (χ4n) is 2.75. The first-order chi connectivity index (χ1) is 14.0. The summed E-state index contributed by atoms with van der Waals surface area (Å²) < 4.78 is 12.7. The average molecular weight is 458 g/mol. The number of rotatable bonds is 7. The minimum atomic E-state index is -0.405. The predicted molar refractivity (Wildman–Crippen MR) is 114 cm³/mol. The molecule has 0 radical (unpaired) electrons. The number of ether oxygens (including phenoxy) is 2. The van der Waals surface area contributed by atoms with E-state index in [1.807, 2.05) is 30.3 Å². The lowest BCUT2D eigenvalue weighted by Gasteiger charge is -2.06. The quantitative estimate of drug-likeness (QED) is 0.430. The van der Waals surface area contributed by atoms with Crippen molar-refractivity contribution in [2.75, 3.05) is 19.0 Å².